The van der Waals surface area contributed by atoms with Crippen LogP contribution in [0.4, 0.5) is 5.69 Å². The number of non-ortho nitro benzene ring substituents is 1. The van der Waals surface area contributed by atoms with Crippen LogP contribution in [0.2, 0.25) is 0 Å². The summed E-state index contributed by atoms with van der Waals surface area (Å²) in [6, 6.07) is 22.9. The Balaban J connectivity index is 1.42. The quantitative estimate of drug-likeness (QED) is 0.245. The van der Waals surface area contributed by atoms with E-state index in [1.807, 2.05) is 41.1 Å². The summed E-state index contributed by atoms with van der Waals surface area (Å²) in [5.74, 6) is -0.740. The second kappa shape index (κ2) is 9.40. The van der Waals surface area contributed by atoms with Gasteiger partial charge in [0, 0.05) is 46.9 Å². The number of carbonyl (C=O) groups excluding carboxylic acids is 2. The van der Waals surface area contributed by atoms with Crippen LogP contribution >= 0.6 is 11.8 Å². The first-order chi connectivity index (χ1) is 17.0. The number of thioether (sulfide) groups is 1. The number of nitro benzene ring substituents is 1. The molecule has 9 heteroatoms. The third kappa shape index (κ3) is 4.75. The van der Waals surface area contributed by atoms with Gasteiger partial charge in [0.2, 0.25) is 0 Å². The average molecular weight is 483 g/mol. The molecule has 1 N–H and O–H groups in total. The molecule has 1 aliphatic heterocycles. The number of aliphatic imine (C=N–C) groups is 1. The van der Waals surface area contributed by atoms with Gasteiger partial charge in [-0.15, -0.1) is 0 Å². The zero-order valence-corrected chi connectivity index (χ0v) is 19.1. The van der Waals surface area contributed by atoms with E-state index >= 15 is 0 Å². The number of benzene rings is 3. The van der Waals surface area contributed by atoms with E-state index in [9.17, 15) is 19.7 Å². The number of nitro groups is 1. The van der Waals surface area contributed by atoms with Crippen molar-refractivity contribution in [1.29, 1.82) is 0 Å². The number of rotatable bonds is 5. The molecule has 0 aliphatic carbocycles. The van der Waals surface area contributed by atoms with Gasteiger partial charge in [-0.1, -0.05) is 48.5 Å². The molecule has 1 fully saturated rings. The molecule has 1 saturated heterocycles. The van der Waals surface area contributed by atoms with Gasteiger partial charge in [-0.3, -0.25) is 19.7 Å². The summed E-state index contributed by atoms with van der Waals surface area (Å²) in [6.45, 7) is 0.513. The fourth-order valence-corrected chi connectivity index (χ4v) is 4.61. The number of amidine groups is 1. The van der Waals surface area contributed by atoms with E-state index in [4.69, 9.17) is 0 Å². The Morgan fingerprint density at radius 1 is 1.03 bits per heavy atom. The summed E-state index contributed by atoms with van der Waals surface area (Å²) in [4.78, 5) is 39.9. The van der Waals surface area contributed by atoms with Crippen molar-refractivity contribution in [3.05, 3.63) is 117 Å². The Morgan fingerprint density at radius 2 is 1.74 bits per heavy atom. The summed E-state index contributed by atoms with van der Waals surface area (Å²) in [5, 5.41) is 14.8. The first-order valence-electron chi connectivity index (χ1n) is 10.7. The topological polar surface area (TPSA) is 107 Å². The first-order valence-corrected chi connectivity index (χ1v) is 11.5. The summed E-state index contributed by atoms with van der Waals surface area (Å²) >= 11 is 1.12. The molecular weight excluding hydrogens is 464 g/mol. The van der Waals surface area contributed by atoms with Crippen LogP contribution in [0.1, 0.15) is 21.5 Å². The maximum absolute atomic E-state index is 12.6. The van der Waals surface area contributed by atoms with E-state index in [0.717, 1.165) is 33.8 Å². The van der Waals surface area contributed by atoms with Crippen LogP contribution in [0.25, 0.3) is 17.0 Å². The van der Waals surface area contributed by atoms with E-state index in [1.54, 1.807) is 42.5 Å². The lowest BCUT2D eigenvalue weighted by Gasteiger charge is -2.05. The molecule has 5 rings (SSSR count). The summed E-state index contributed by atoms with van der Waals surface area (Å²) in [7, 11) is 0. The van der Waals surface area contributed by atoms with Crippen molar-refractivity contribution in [2.45, 2.75) is 6.54 Å². The highest BCUT2D eigenvalue weighted by Crippen LogP contribution is 2.30. The Hall–Kier alpha value is -4.50. The van der Waals surface area contributed by atoms with Crippen LogP contribution in [-0.4, -0.2) is 26.5 Å². The number of hydrogen-bond acceptors (Lipinski definition) is 5. The van der Waals surface area contributed by atoms with Gasteiger partial charge in [-0.05, 0) is 41.6 Å². The van der Waals surface area contributed by atoms with Gasteiger partial charge in [-0.2, -0.15) is 4.99 Å². The van der Waals surface area contributed by atoms with Crippen LogP contribution in [0, 0.1) is 10.1 Å². The molecule has 4 aromatic rings. The monoisotopic (exact) mass is 482 g/mol. The van der Waals surface area contributed by atoms with Crippen molar-refractivity contribution in [2.75, 3.05) is 0 Å². The largest absolute Gasteiger partial charge is 0.342 e. The maximum Gasteiger partial charge on any atom is 0.279 e. The van der Waals surface area contributed by atoms with Crippen molar-refractivity contribution in [3.8, 4) is 0 Å². The number of para-hydroxylation sites is 1. The summed E-state index contributed by atoms with van der Waals surface area (Å²) in [6.07, 6.45) is 3.72. The van der Waals surface area contributed by atoms with E-state index < -0.39 is 10.8 Å². The molecule has 2 amide bonds. The Labute approximate surface area is 204 Å². The normalized spacial score (nSPS) is 15.6. The second-order valence-corrected chi connectivity index (χ2v) is 8.84. The van der Waals surface area contributed by atoms with Crippen molar-refractivity contribution in [2.24, 2.45) is 4.99 Å². The zero-order valence-electron chi connectivity index (χ0n) is 18.3. The number of nitrogens with zero attached hydrogens (tertiary/aromatic N) is 3. The fraction of sp³-hybridized carbons (Fsp3) is 0.0385. The lowest BCUT2D eigenvalue weighted by molar-refractivity contribution is -0.384. The Bertz CT molecular complexity index is 1520. The Kier molecular flexibility index (Phi) is 5.99. The molecule has 1 aromatic heterocycles. The molecule has 0 saturated carbocycles. The molecule has 8 nitrogen and oxygen atoms in total. The number of amides is 2. The van der Waals surface area contributed by atoms with Gasteiger partial charge in [0.05, 0.1) is 9.83 Å². The van der Waals surface area contributed by atoms with Gasteiger partial charge in [0.1, 0.15) is 0 Å². The number of hydrogen-bond donors (Lipinski definition) is 1. The minimum absolute atomic E-state index is 0.0454. The number of carbonyl (C=O) groups is 2. The van der Waals surface area contributed by atoms with Crippen LogP contribution in [0.15, 0.2) is 95.0 Å². The number of nitrogens with one attached hydrogen (secondary N) is 1. The molecule has 172 valence electrons. The molecule has 3 aromatic carbocycles. The third-order valence-corrected chi connectivity index (χ3v) is 6.39. The first kappa shape index (κ1) is 22.3. The van der Waals surface area contributed by atoms with E-state index in [2.05, 4.69) is 10.3 Å². The highest BCUT2D eigenvalue weighted by molar-refractivity contribution is 8.18. The van der Waals surface area contributed by atoms with Gasteiger partial charge < -0.3 is 9.88 Å². The van der Waals surface area contributed by atoms with Crippen molar-refractivity contribution < 1.29 is 14.5 Å². The smallest absolute Gasteiger partial charge is 0.279 e. The lowest BCUT2D eigenvalue weighted by atomic mass is 10.1. The van der Waals surface area contributed by atoms with Crippen LogP contribution in [0.5, 0.6) is 0 Å². The standard InChI is InChI=1S/C26H18N4O4S/c31-24(18-6-2-1-3-7-18)27-26-28-25(32)23(35-26)14-19-16-29(22-9-5-4-8-21(19)22)15-17-10-12-20(13-11-17)30(33)34/h1-14,16H,15H2,(H,27,28,31,32)/b23-14-. The van der Waals surface area contributed by atoms with Gasteiger partial charge >= 0.3 is 0 Å². The van der Waals surface area contributed by atoms with Gasteiger partial charge in [0.25, 0.3) is 17.5 Å². The molecule has 2 heterocycles. The highest BCUT2D eigenvalue weighted by atomic mass is 32.2. The molecule has 0 bridgehead atoms. The molecule has 1 aliphatic rings. The van der Waals surface area contributed by atoms with Crippen LogP contribution in [0.3, 0.4) is 0 Å². The number of fused-ring (bicyclic) bond motifs is 1. The zero-order chi connectivity index (χ0) is 24.4. The molecule has 0 radical (unpaired) electrons. The van der Waals surface area contributed by atoms with Crippen molar-refractivity contribution in [3.63, 3.8) is 0 Å². The van der Waals surface area contributed by atoms with Crippen LogP contribution in [-0.2, 0) is 11.3 Å². The third-order valence-electron chi connectivity index (χ3n) is 5.48. The highest BCUT2D eigenvalue weighted by Gasteiger charge is 2.25. The summed E-state index contributed by atoms with van der Waals surface area (Å²) in [5.41, 5.74) is 3.22. The van der Waals surface area contributed by atoms with E-state index in [0.29, 0.717) is 17.0 Å². The second-order valence-electron chi connectivity index (χ2n) is 7.81. The fourth-order valence-electron chi connectivity index (χ4n) is 3.80. The van der Waals surface area contributed by atoms with E-state index in [-0.39, 0.29) is 16.8 Å². The molecular formula is C26H18N4O4S. The minimum atomic E-state index is -0.422. The minimum Gasteiger partial charge on any atom is -0.342 e. The maximum atomic E-state index is 12.6. The van der Waals surface area contributed by atoms with Crippen molar-refractivity contribution in [1.82, 2.24) is 9.88 Å². The lowest BCUT2D eigenvalue weighted by Crippen LogP contribution is -2.20. The molecule has 0 atom stereocenters. The molecule has 0 spiro atoms. The van der Waals surface area contributed by atoms with Gasteiger partial charge in [0.15, 0.2) is 5.17 Å². The predicted molar refractivity (Wildman–Crippen MR) is 136 cm³/mol. The number of aromatic nitrogens is 1. The van der Waals surface area contributed by atoms with Crippen LogP contribution < -0.4 is 5.32 Å². The Morgan fingerprint density at radius 3 is 2.49 bits per heavy atom. The molecule has 35 heavy (non-hydrogen) atoms. The van der Waals surface area contributed by atoms with Gasteiger partial charge in [-0.25, -0.2) is 0 Å². The van der Waals surface area contributed by atoms with E-state index in [1.165, 1.54) is 12.1 Å². The molecule has 0 unspecified atom stereocenters. The predicted octanol–water partition coefficient (Wildman–Crippen LogP) is 5.00. The van der Waals surface area contributed by atoms with Crippen molar-refractivity contribution >= 4 is 51.4 Å². The SMILES string of the molecule is O=C1NC(=NC(=O)c2ccccc2)S/C1=C\c1cn(Cc2ccc([N+](=O)[O-])cc2)c2ccccc12. The average Bonchev–Trinajstić information content (AvgIpc) is 3.39. The summed E-state index contributed by atoms with van der Waals surface area (Å²) < 4.78 is 2.04.